The van der Waals surface area contributed by atoms with Crippen LogP contribution in [0.4, 0.5) is 0 Å². The van der Waals surface area contributed by atoms with Crippen LogP contribution >= 0.6 is 0 Å². The molecule has 0 spiro atoms. The maximum atomic E-state index is 12.8. The van der Waals surface area contributed by atoms with Gasteiger partial charge in [-0.3, -0.25) is 9.59 Å². The van der Waals surface area contributed by atoms with Crippen molar-refractivity contribution in [2.45, 2.75) is 65.5 Å². The maximum absolute atomic E-state index is 12.8. The van der Waals surface area contributed by atoms with Crippen LogP contribution in [0.25, 0.3) is 21.9 Å². The molecule has 0 aliphatic heterocycles. The van der Waals surface area contributed by atoms with Crippen LogP contribution in [-0.4, -0.2) is 35.0 Å². The molecule has 9 heteroatoms. The van der Waals surface area contributed by atoms with Crippen molar-refractivity contribution in [1.82, 2.24) is 10.6 Å². The molecule has 0 aliphatic carbocycles. The molecule has 2 aromatic carbocycles. The summed E-state index contributed by atoms with van der Waals surface area (Å²) in [4.78, 5) is 50.1. The lowest BCUT2D eigenvalue weighted by Crippen LogP contribution is -2.52. The largest absolute Gasteiger partial charge is 0.480 e. The Hall–Kier alpha value is -4.40. The van der Waals surface area contributed by atoms with E-state index in [2.05, 4.69) is 10.6 Å². The van der Waals surface area contributed by atoms with Crippen molar-refractivity contribution in [3.63, 3.8) is 0 Å². The Balaban J connectivity index is 1.44. The van der Waals surface area contributed by atoms with Gasteiger partial charge in [0.2, 0.25) is 11.8 Å². The third-order valence-electron chi connectivity index (χ3n) is 7.14. The van der Waals surface area contributed by atoms with E-state index in [0.717, 1.165) is 33.2 Å². The van der Waals surface area contributed by atoms with Crippen molar-refractivity contribution in [2.24, 2.45) is 0 Å². The first-order chi connectivity index (χ1) is 18.6. The SMILES string of the molecule is CCC(NC(=O)CCc1c(C)c2cc3c(C)c(C)oc3cc2oc1=O)C(=O)N[C@H](Cc1ccccc1)C(=O)O. The molecular weight excluding hydrogens is 500 g/mol. The van der Waals surface area contributed by atoms with Crippen LogP contribution in [0, 0.1) is 20.8 Å². The molecule has 2 amide bonds. The predicted octanol–water partition coefficient (Wildman–Crippen LogP) is 4.10. The summed E-state index contributed by atoms with van der Waals surface area (Å²) in [5.74, 6) is -1.38. The van der Waals surface area contributed by atoms with Gasteiger partial charge in [0.1, 0.15) is 29.0 Å². The fourth-order valence-corrected chi connectivity index (χ4v) is 4.69. The number of carboxylic acids is 1. The third-order valence-corrected chi connectivity index (χ3v) is 7.14. The highest BCUT2D eigenvalue weighted by Gasteiger charge is 2.26. The molecule has 204 valence electrons. The summed E-state index contributed by atoms with van der Waals surface area (Å²) in [6.07, 6.45) is 0.472. The summed E-state index contributed by atoms with van der Waals surface area (Å²) in [7, 11) is 0. The van der Waals surface area contributed by atoms with Crippen molar-refractivity contribution in [2.75, 3.05) is 0 Å². The highest BCUT2D eigenvalue weighted by atomic mass is 16.4. The first kappa shape index (κ1) is 27.6. The van der Waals surface area contributed by atoms with Crippen LogP contribution in [0.3, 0.4) is 0 Å². The highest BCUT2D eigenvalue weighted by Crippen LogP contribution is 2.31. The van der Waals surface area contributed by atoms with Crippen LogP contribution in [0.1, 0.15) is 47.8 Å². The molecule has 39 heavy (non-hydrogen) atoms. The summed E-state index contributed by atoms with van der Waals surface area (Å²) < 4.78 is 11.3. The molecule has 9 nitrogen and oxygen atoms in total. The van der Waals surface area contributed by atoms with Crippen LogP contribution in [0.5, 0.6) is 0 Å². The molecule has 2 heterocycles. The number of aryl methyl sites for hydroxylation is 3. The zero-order valence-corrected chi connectivity index (χ0v) is 22.4. The van der Waals surface area contributed by atoms with Gasteiger partial charge >= 0.3 is 11.6 Å². The number of hydrogen-bond acceptors (Lipinski definition) is 6. The van der Waals surface area contributed by atoms with E-state index in [4.69, 9.17) is 8.83 Å². The minimum absolute atomic E-state index is 0.0423. The number of furan rings is 1. The number of rotatable bonds is 10. The zero-order valence-electron chi connectivity index (χ0n) is 22.4. The van der Waals surface area contributed by atoms with E-state index in [-0.39, 0.29) is 25.7 Å². The van der Waals surface area contributed by atoms with Gasteiger partial charge in [0, 0.05) is 35.2 Å². The molecule has 3 N–H and O–H groups in total. The molecule has 4 rings (SSSR count). The normalized spacial score (nSPS) is 12.8. The van der Waals surface area contributed by atoms with Gasteiger partial charge in [-0.2, -0.15) is 0 Å². The number of aliphatic carboxylic acids is 1. The Bertz CT molecular complexity index is 1600. The monoisotopic (exact) mass is 532 g/mol. The van der Waals surface area contributed by atoms with E-state index in [0.29, 0.717) is 16.7 Å². The quantitative estimate of drug-likeness (QED) is 0.261. The minimum Gasteiger partial charge on any atom is -0.480 e. The molecule has 0 aliphatic rings. The first-order valence-corrected chi connectivity index (χ1v) is 12.9. The topological polar surface area (TPSA) is 139 Å². The lowest BCUT2D eigenvalue weighted by molar-refractivity contribution is -0.142. The Morgan fingerprint density at radius 3 is 2.23 bits per heavy atom. The molecule has 0 bridgehead atoms. The highest BCUT2D eigenvalue weighted by molar-refractivity contribution is 5.97. The van der Waals surface area contributed by atoms with E-state index in [9.17, 15) is 24.3 Å². The second-order valence-corrected chi connectivity index (χ2v) is 9.74. The van der Waals surface area contributed by atoms with Crippen LogP contribution in [-0.2, 0) is 27.2 Å². The number of benzene rings is 2. The summed E-state index contributed by atoms with van der Waals surface area (Å²) in [5, 5.41) is 16.5. The Kier molecular flexibility index (Phi) is 8.18. The molecule has 0 saturated heterocycles. The fourth-order valence-electron chi connectivity index (χ4n) is 4.69. The van der Waals surface area contributed by atoms with Crippen molar-refractivity contribution in [1.29, 1.82) is 0 Å². The van der Waals surface area contributed by atoms with Crippen molar-refractivity contribution in [3.05, 3.63) is 80.9 Å². The summed E-state index contributed by atoms with van der Waals surface area (Å²) >= 11 is 0. The van der Waals surface area contributed by atoms with Gasteiger partial charge in [-0.15, -0.1) is 0 Å². The molecule has 2 aromatic heterocycles. The Labute approximate surface area is 225 Å². The lowest BCUT2D eigenvalue weighted by atomic mass is 10.00. The number of amides is 2. The van der Waals surface area contributed by atoms with Gasteiger partial charge in [0.15, 0.2) is 0 Å². The minimum atomic E-state index is -1.16. The van der Waals surface area contributed by atoms with Crippen molar-refractivity contribution in [3.8, 4) is 0 Å². The first-order valence-electron chi connectivity index (χ1n) is 12.9. The number of carboxylic acid groups (broad SMARTS) is 1. The van der Waals surface area contributed by atoms with Gasteiger partial charge in [0.05, 0.1) is 0 Å². The smallest absolute Gasteiger partial charge is 0.339 e. The average Bonchev–Trinajstić information content (AvgIpc) is 3.18. The van der Waals surface area contributed by atoms with E-state index in [1.54, 1.807) is 37.3 Å². The average molecular weight is 533 g/mol. The molecule has 0 fully saturated rings. The third kappa shape index (κ3) is 6.03. The van der Waals surface area contributed by atoms with Crippen molar-refractivity contribution < 1.29 is 28.3 Å². The Morgan fingerprint density at radius 2 is 1.56 bits per heavy atom. The molecule has 0 radical (unpaired) electrons. The molecular formula is C30H32N2O7. The summed E-state index contributed by atoms with van der Waals surface area (Å²) in [6.45, 7) is 7.39. The standard InChI is InChI=1S/C30H32N2O7/c1-5-23(28(34)32-24(29(35)36)13-19-9-7-6-8-10-19)31-27(33)12-11-20-17(3)22-14-21-16(2)18(4)38-25(21)15-26(22)39-30(20)37/h6-10,14-15,23-24H,5,11-13H2,1-4H3,(H,31,33)(H,32,34)(H,35,36)/t23?,24-/m1/s1. The molecule has 4 aromatic rings. The summed E-state index contributed by atoms with van der Waals surface area (Å²) in [5.41, 5.74) is 3.43. The zero-order chi connectivity index (χ0) is 28.3. The summed E-state index contributed by atoms with van der Waals surface area (Å²) in [6, 6.07) is 10.6. The number of hydrogen-bond donors (Lipinski definition) is 3. The molecule has 1 unspecified atom stereocenters. The van der Waals surface area contributed by atoms with Crippen LogP contribution in [0.15, 0.2) is 56.1 Å². The number of carbonyl (C=O) groups excluding carboxylic acids is 2. The second-order valence-electron chi connectivity index (χ2n) is 9.74. The number of carbonyl (C=O) groups is 3. The Morgan fingerprint density at radius 1 is 0.897 bits per heavy atom. The van der Waals surface area contributed by atoms with Crippen LogP contribution < -0.4 is 16.3 Å². The lowest BCUT2D eigenvalue weighted by Gasteiger charge is -2.20. The number of nitrogens with one attached hydrogen (secondary N) is 2. The van der Waals surface area contributed by atoms with Crippen LogP contribution in [0.2, 0.25) is 0 Å². The van der Waals surface area contributed by atoms with E-state index in [1.165, 1.54) is 0 Å². The predicted molar refractivity (Wildman–Crippen MR) is 147 cm³/mol. The van der Waals surface area contributed by atoms with Crippen molar-refractivity contribution >= 4 is 39.7 Å². The van der Waals surface area contributed by atoms with E-state index < -0.39 is 35.5 Å². The van der Waals surface area contributed by atoms with E-state index >= 15 is 0 Å². The van der Waals surface area contributed by atoms with Gasteiger partial charge in [0.25, 0.3) is 0 Å². The number of fused-ring (bicyclic) bond motifs is 2. The van der Waals surface area contributed by atoms with Gasteiger partial charge in [-0.05, 0) is 56.4 Å². The second kappa shape index (κ2) is 11.6. The maximum Gasteiger partial charge on any atom is 0.339 e. The van der Waals surface area contributed by atoms with E-state index in [1.807, 2.05) is 32.9 Å². The van der Waals surface area contributed by atoms with Gasteiger partial charge in [-0.1, -0.05) is 37.3 Å². The molecule has 2 atom stereocenters. The molecule has 0 saturated carbocycles. The van der Waals surface area contributed by atoms with Gasteiger partial charge < -0.3 is 24.6 Å². The van der Waals surface area contributed by atoms with Gasteiger partial charge in [-0.25, -0.2) is 9.59 Å². The fraction of sp³-hybridized carbons (Fsp3) is 0.333.